The van der Waals surface area contributed by atoms with Crippen LogP contribution in [0.2, 0.25) is 0 Å². The van der Waals surface area contributed by atoms with Crippen LogP contribution < -0.4 is 20.4 Å². The van der Waals surface area contributed by atoms with Gasteiger partial charge in [0.15, 0.2) is 5.43 Å². The molecule has 9 heteroatoms. The van der Waals surface area contributed by atoms with Crippen molar-refractivity contribution in [3.8, 4) is 5.75 Å². The fraction of sp³-hybridized carbons (Fsp3) is 0.261. The molecule has 2 heterocycles. The van der Waals surface area contributed by atoms with E-state index in [2.05, 4.69) is 15.3 Å². The standard InChI is InChI=1S/C23H23F3N4O2/c1-30(9-5-8-27-21-13-20(31)15-6-3-4-7-18(15)28-21)22-12-16-17(23(24,25)26)10-14(32-2)11-19(16)29-22/h3-4,6-7,10-13,29H,5,8-9H2,1-2H3,(H2,27,28,31). The number of halogens is 3. The van der Waals surface area contributed by atoms with E-state index in [1.807, 2.05) is 30.1 Å². The van der Waals surface area contributed by atoms with Crippen LogP contribution in [-0.4, -0.2) is 37.2 Å². The molecule has 2 aromatic carbocycles. The van der Waals surface area contributed by atoms with E-state index in [0.29, 0.717) is 42.0 Å². The van der Waals surface area contributed by atoms with Gasteiger partial charge in [0, 0.05) is 43.0 Å². The summed E-state index contributed by atoms with van der Waals surface area (Å²) in [6.07, 6.45) is -3.78. The first-order valence-electron chi connectivity index (χ1n) is 10.1. The number of H-pyrrole nitrogens is 2. The van der Waals surface area contributed by atoms with E-state index in [1.54, 1.807) is 12.1 Å². The van der Waals surface area contributed by atoms with Gasteiger partial charge in [-0.05, 0) is 30.7 Å². The normalized spacial score (nSPS) is 11.8. The Kier molecular flexibility index (Phi) is 5.73. The van der Waals surface area contributed by atoms with E-state index < -0.39 is 11.7 Å². The number of aromatic nitrogens is 2. The molecule has 4 rings (SSSR count). The summed E-state index contributed by atoms with van der Waals surface area (Å²) in [5.74, 6) is 1.36. The van der Waals surface area contributed by atoms with Crippen LogP contribution in [0, 0.1) is 0 Å². The molecule has 0 radical (unpaired) electrons. The van der Waals surface area contributed by atoms with Crippen LogP contribution in [0.1, 0.15) is 12.0 Å². The number of hydrogen-bond acceptors (Lipinski definition) is 4. The number of para-hydroxylation sites is 1. The van der Waals surface area contributed by atoms with Gasteiger partial charge in [0.05, 0.1) is 23.7 Å². The highest BCUT2D eigenvalue weighted by Crippen LogP contribution is 2.39. The molecular weight excluding hydrogens is 421 g/mol. The summed E-state index contributed by atoms with van der Waals surface area (Å²) in [6.45, 7) is 1.18. The minimum absolute atomic E-state index is 0.0621. The van der Waals surface area contributed by atoms with Crippen molar-refractivity contribution in [2.75, 3.05) is 37.5 Å². The summed E-state index contributed by atoms with van der Waals surface area (Å²) in [5, 5.41) is 3.93. The number of nitrogens with one attached hydrogen (secondary N) is 3. The molecule has 6 nitrogen and oxygen atoms in total. The van der Waals surface area contributed by atoms with Crippen LogP contribution in [0.5, 0.6) is 5.75 Å². The van der Waals surface area contributed by atoms with Gasteiger partial charge in [-0.15, -0.1) is 0 Å². The Bertz CT molecular complexity index is 1310. The molecule has 4 aromatic rings. The SMILES string of the molecule is COc1cc(C(F)(F)F)c2cc(N(C)CCCNc3cc(=O)c4ccccc4[nH]3)[nH]c2c1. The van der Waals surface area contributed by atoms with Crippen LogP contribution in [-0.2, 0) is 6.18 Å². The maximum absolute atomic E-state index is 13.5. The molecule has 2 aromatic heterocycles. The highest BCUT2D eigenvalue weighted by atomic mass is 19.4. The molecule has 0 aliphatic rings. The van der Waals surface area contributed by atoms with Gasteiger partial charge in [-0.3, -0.25) is 4.79 Å². The molecule has 0 fully saturated rings. The lowest BCUT2D eigenvalue weighted by Gasteiger charge is -2.17. The van der Waals surface area contributed by atoms with Crippen LogP contribution >= 0.6 is 0 Å². The molecule has 0 saturated heterocycles. The zero-order chi connectivity index (χ0) is 22.9. The van der Waals surface area contributed by atoms with E-state index in [4.69, 9.17) is 4.74 Å². The first-order valence-corrected chi connectivity index (χ1v) is 10.1. The smallest absolute Gasteiger partial charge is 0.417 e. The first-order chi connectivity index (χ1) is 15.3. The highest BCUT2D eigenvalue weighted by Gasteiger charge is 2.34. The fourth-order valence-corrected chi connectivity index (χ4v) is 3.71. The number of fused-ring (bicyclic) bond motifs is 2. The maximum atomic E-state index is 13.5. The molecule has 0 spiro atoms. The van der Waals surface area contributed by atoms with Gasteiger partial charge in [0.1, 0.15) is 17.4 Å². The van der Waals surface area contributed by atoms with Crippen molar-refractivity contribution < 1.29 is 17.9 Å². The van der Waals surface area contributed by atoms with Crippen LogP contribution in [0.3, 0.4) is 0 Å². The number of alkyl halides is 3. The predicted octanol–water partition coefficient (Wildman–Crippen LogP) is 4.98. The van der Waals surface area contributed by atoms with Crippen LogP contribution in [0.25, 0.3) is 21.8 Å². The molecule has 0 saturated carbocycles. The molecule has 32 heavy (non-hydrogen) atoms. The van der Waals surface area contributed by atoms with Crippen LogP contribution in [0.4, 0.5) is 24.8 Å². The Hall–Kier alpha value is -3.62. The van der Waals surface area contributed by atoms with E-state index in [-0.39, 0.29) is 16.6 Å². The third-order valence-corrected chi connectivity index (χ3v) is 5.37. The Morgan fingerprint density at radius 3 is 2.56 bits per heavy atom. The number of hydrogen-bond donors (Lipinski definition) is 3. The largest absolute Gasteiger partial charge is 0.497 e. The lowest BCUT2D eigenvalue weighted by atomic mass is 10.1. The molecular formula is C23H23F3N4O2. The van der Waals surface area contributed by atoms with E-state index in [0.717, 1.165) is 11.6 Å². The van der Waals surface area contributed by atoms with E-state index in [9.17, 15) is 18.0 Å². The second-order valence-electron chi connectivity index (χ2n) is 7.58. The maximum Gasteiger partial charge on any atom is 0.417 e. The van der Waals surface area contributed by atoms with Gasteiger partial charge in [-0.1, -0.05) is 12.1 Å². The number of ether oxygens (including phenoxy) is 1. The molecule has 3 N–H and O–H groups in total. The number of nitrogens with zero attached hydrogens (tertiary/aromatic N) is 1. The minimum Gasteiger partial charge on any atom is -0.497 e. The average molecular weight is 444 g/mol. The number of rotatable bonds is 7. The van der Waals surface area contributed by atoms with Gasteiger partial charge in [0.2, 0.25) is 0 Å². The van der Waals surface area contributed by atoms with Crippen LogP contribution in [0.15, 0.2) is 53.3 Å². The first kappa shape index (κ1) is 21.6. The minimum atomic E-state index is -4.48. The summed E-state index contributed by atoms with van der Waals surface area (Å²) >= 11 is 0. The molecule has 0 aliphatic carbocycles. The zero-order valence-corrected chi connectivity index (χ0v) is 17.6. The third-order valence-electron chi connectivity index (χ3n) is 5.37. The van der Waals surface area contributed by atoms with Crippen molar-refractivity contribution in [3.05, 3.63) is 64.3 Å². The fourth-order valence-electron chi connectivity index (χ4n) is 3.71. The number of benzene rings is 2. The molecule has 0 bridgehead atoms. The second-order valence-corrected chi connectivity index (χ2v) is 7.58. The Morgan fingerprint density at radius 2 is 1.81 bits per heavy atom. The van der Waals surface area contributed by atoms with Gasteiger partial charge < -0.3 is 24.9 Å². The molecule has 0 aliphatic heterocycles. The lowest BCUT2D eigenvalue weighted by Crippen LogP contribution is -2.21. The molecule has 168 valence electrons. The quantitative estimate of drug-likeness (QED) is 0.352. The van der Waals surface area contributed by atoms with Gasteiger partial charge in [-0.2, -0.15) is 13.2 Å². The number of pyridine rings is 1. The van der Waals surface area contributed by atoms with Crippen molar-refractivity contribution in [1.82, 2.24) is 9.97 Å². The van der Waals surface area contributed by atoms with Crippen molar-refractivity contribution in [3.63, 3.8) is 0 Å². The topological polar surface area (TPSA) is 73.2 Å². The summed E-state index contributed by atoms with van der Waals surface area (Å²) < 4.78 is 45.4. The zero-order valence-electron chi connectivity index (χ0n) is 17.6. The summed E-state index contributed by atoms with van der Waals surface area (Å²) in [5.41, 5.74) is 0.330. The monoisotopic (exact) mass is 444 g/mol. The highest BCUT2D eigenvalue weighted by molar-refractivity contribution is 5.89. The second kappa shape index (κ2) is 8.49. The summed E-state index contributed by atoms with van der Waals surface area (Å²) in [6, 6.07) is 12.9. The van der Waals surface area contributed by atoms with Crippen molar-refractivity contribution in [2.24, 2.45) is 0 Å². The summed E-state index contributed by atoms with van der Waals surface area (Å²) in [7, 11) is 3.15. The van der Waals surface area contributed by atoms with Crippen molar-refractivity contribution >= 4 is 33.4 Å². The van der Waals surface area contributed by atoms with Crippen molar-refractivity contribution in [1.29, 1.82) is 0 Å². The average Bonchev–Trinajstić information content (AvgIpc) is 3.19. The summed E-state index contributed by atoms with van der Waals surface area (Å²) in [4.78, 5) is 20.3. The molecule has 0 unspecified atom stereocenters. The third kappa shape index (κ3) is 4.37. The van der Waals surface area contributed by atoms with Gasteiger partial charge in [0.25, 0.3) is 0 Å². The lowest BCUT2D eigenvalue weighted by molar-refractivity contribution is -0.136. The number of aromatic amines is 2. The Balaban J connectivity index is 1.43. The van der Waals surface area contributed by atoms with Gasteiger partial charge >= 0.3 is 6.18 Å². The predicted molar refractivity (Wildman–Crippen MR) is 121 cm³/mol. The molecule has 0 amide bonds. The number of methoxy groups -OCH3 is 1. The Morgan fingerprint density at radius 1 is 1.03 bits per heavy atom. The van der Waals surface area contributed by atoms with E-state index in [1.165, 1.54) is 19.2 Å². The van der Waals surface area contributed by atoms with Crippen molar-refractivity contribution in [2.45, 2.75) is 12.6 Å². The van der Waals surface area contributed by atoms with Gasteiger partial charge in [-0.25, -0.2) is 0 Å². The number of anilines is 2. The molecule has 0 atom stereocenters. The Labute approximate surface area is 182 Å². The van der Waals surface area contributed by atoms with E-state index >= 15 is 0 Å².